The normalized spacial score (nSPS) is 40.8. The summed E-state index contributed by atoms with van der Waals surface area (Å²) < 4.78 is 0. The topological polar surface area (TPSA) is 63.2 Å². The highest BCUT2D eigenvalue weighted by atomic mass is 32.1. The second kappa shape index (κ2) is 10.2. The third-order valence-corrected chi connectivity index (χ3v) is 13.5. The van der Waals surface area contributed by atoms with E-state index in [-0.39, 0.29) is 34.6 Å². The maximum Gasteiger partial charge on any atom is 0.220 e. The monoisotopic (exact) mass is 537 g/mol. The predicted molar refractivity (Wildman–Crippen MR) is 152 cm³/mol. The van der Waals surface area contributed by atoms with E-state index in [4.69, 9.17) is 0 Å². The Morgan fingerprint density at radius 1 is 1.03 bits per heavy atom. The molecular weight excluding hydrogens is 490 g/mol. The molecule has 0 saturated heterocycles. The average molecular weight is 538 g/mol. The summed E-state index contributed by atoms with van der Waals surface area (Å²) in [5, 5.41) is 5.61. The summed E-state index contributed by atoms with van der Waals surface area (Å²) >= 11 is 1.77. The third-order valence-electron chi connectivity index (χ3n) is 12.6. The molecule has 0 bridgehead atoms. The van der Waals surface area contributed by atoms with Crippen LogP contribution >= 0.6 is 11.3 Å². The lowest BCUT2D eigenvalue weighted by Gasteiger charge is -2.59. The summed E-state index contributed by atoms with van der Waals surface area (Å²) in [4.78, 5) is 40.6. The maximum absolute atomic E-state index is 13.7. The molecule has 5 aliphatic carbocycles. The second-order valence-corrected chi connectivity index (χ2v) is 15.3. The zero-order valence-electron chi connectivity index (χ0n) is 23.7. The molecule has 5 aliphatic rings. The van der Waals surface area contributed by atoms with E-state index in [1.54, 1.807) is 11.3 Å². The van der Waals surface area contributed by atoms with E-state index in [2.05, 4.69) is 43.6 Å². The van der Waals surface area contributed by atoms with Gasteiger partial charge in [0.2, 0.25) is 5.91 Å². The van der Waals surface area contributed by atoms with Crippen LogP contribution in [0.25, 0.3) is 0 Å². The quantitative estimate of drug-likeness (QED) is 0.408. The highest BCUT2D eigenvalue weighted by Crippen LogP contribution is 2.67. The number of amides is 1. The molecule has 5 saturated carbocycles. The highest BCUT2D eigenvalue weighted by Gasteiger charge is 2.63. The molecule has 1 N–H and O–H groups in total. The minimum Gasteiger partial charge on any atom is -0.348 e. The van der Waals surface area contributed by atoms with E-state index in [0.717, 1.165) is 25.7 Å². The molecule has 1 unspecified atom stereocenters. The van der Waals surface area contributed by atoms with Crippen LogP contribution in [0, 0.1) is 52.3 Å². The van der Waals surface area contributed by atoms with Gasteiger partial charge in [-0.25, -0.2) is 0 Å². The van der Waals surface area contributed by atoms with Gasteiger partial charge in [-0.3, -0.25) is 14.4 Å². The summed E-state index contributed by atoms with van der Waals surface area (Å²) in [5.74, 6) is 3.71. The molecule has 0 radical (unpaired) electrons. The Bertz CT molecular complexity index is 1060. The number of carbonyl (C=O) groups is 3. The molecule has 4 nitrogen and oxygen atoms in total. The lowest BCUT2D eigenvalue weighted by Crippen LogP contribution is -2.57. The van der Waals surface area contributed by atoms with Crippen molar-refractivity contribution >= 4 is 28.8 Å². The van der Waals surface area contributed by atoms with Gasteiger partial charge in [0.05, 0.1) is 6.04 Å². The lowest BCUT2D eigenvalue weighted by atomic mass is 9.44. The lowest BCUT2D eigenvalue weighted by molar-refractivity contribution is -0.159. The van der Waals surface area contributed by atoms with Crippen LogP contribution in [-0.4, -0.2) is 17.5 Å². The summed E-state index contributed by atoms with van der Waals surface area (Å²) in [7, 11) is 0. The number of ketones is 2. The van der Waals surface area contributed by atoms with Gasteiger partial charge in [-0.15, -0.1) is 11.3 Å². The molecule has 1 aromatic rings. The van der Waals surface area contributed by atoms with Gasteiger partial charge in [0.15, 0.2) is 0 Å². The minimum atomic E-state index is 0.142. The van der Waals surface area contributed by atoms with Crippen LogP contribution in [0.5, 0.6) is 0 Å². The van der Waals surface area contributed by atoms with Gasteiger partial charge in [-0.1, -0.05) is 39.7 Å². The minimum absolute atomic E-state index is 0.142. The van der Waals surface area contributed by atoms with Crippen LogP contribution in [-0.2, 0) is 14.4 Å². The van der Waals surface area contributed by atoms with Gasteiger partial charge >= 0.3 is 0 Å². The van der Waals surface area contributed by atoms with Crippen molar-refractivity contribution in [3.8, 4) is 0 Å². The first-order valence-electron chi connectivity index (χ1n) is 15.6. The zero-order valence-corrected chi connectivity index (χ0v) is 24.5. The largest absolute Gasteiger partial charge is 0.348 e. The van der Waals surface area contributed by atoms with Crippen molar-refractivity contribution in [3.05, 3.63) is 22.4 Å². The van der Waals surface area contributed by atoms with Crippen LogP contribution in [0.15, 0.2) is 17.5 Å². The van der Waals surface area contributed by atoms with Crippen molar-refractivity contribution < 1.29 is 14.4 Å². The Morgan fingerprint density at radius 2 is 1.79 bits per heavy atom. The Balaban J connectivity index is 1.15. The first kappa shape index (κ1) is 26.7. The highest BCUT2D eigenvalue weighted by molar-refractivity contribution is 7.10. The van der Waals surface area contributed by atoms with Crippen LogP contribution in [0.2, 0.25) is 0 Å². The molecule has 1 amide bonds. The van der Waals surface area contributed by atoms with Crippen molar-refractivity contribution in [2.45, 2.75) is 110 Å². The smallest absolute Gasteiger partial charge is 0.220 e. The Hall–Kier alpha value is -1.49. The van der Waals surface area contributed by atoms with E-state index < -0.39 is 0 Å². The molecule has 0 aromatic carbocycles. The summed E-state index contributed by atoms with van der Waals surface area (Å²) in [6.07, 6.45) is 13.0. The first-order chi connectivity index (χ1) is 18.2. The average Bonchev–Trinajstić information content (AvgIpc) is 3.65. The molecule has 1 heterocycles. The van der Waals surface area contributed by atoms with Crippen molar-refractivity contribution in [3.63, 3.8) is 0 Å². The van der Waals surface area contributed by atoms with E-state index in [1.165, 1.54) is 37.0 Å². The standard InChI is InChI=1S/C33H47NO3S/c1-20(17-29(37)34-31(21-7-4-5-8-21)28-9-6-16-38-28)24-10-11-25-30-26(13-15-33(24,25)3)32(2)14-12-23(35)18-22(32)19-27(30)36/h6,9,16,20-22,24-26,30-31H,4-5,7-8,10-15,17-19H2,1-3H3,(H,34,37)/t20-,22+,24-,25+,26+,30+,31?,32+,33-/m1/s1. The van der Waals surface area contributed by atoms with Gasteiger partial charge < -0.3 is 5.32 Å². The number of carbonyl (C=O) groups excluding carboxylic acids is 3. The number of hydrogen-bond acceptors (Lipinski definition) is 4. The summed E-state index contributed by atoms with van der Waals surface area (Å²) in [6, 6.07) is 4.45. The number of hydrogen-bond donors (Lipinski definition) is 1. The SMILES string of the molecule is C[C@H](CC(=O)NC(c1cccs1)C1CCCC1)[C@H]1CC[C@H]2[C@@H]3C(=O)C[C@@H]4CC(=O)CC[C@]4(C)[C@H]3CC[C@]12C. The van der Waals surface area contributed by atoms with E-state index in [9.17, 15) is 14.4 Å². The molecule has 1 aromatic heterocycles. The molecule has 5 fully saturated rings. The fraction of sp³-hybridized carbons (Fsp3) is 0.788. The number of Topliss-reactive ketones (excluding diaryl/α,β-unsaturated/α-hetero) is 2. The van der Waals surface area contributed by atoms with Crippen LogP contribution in [0.1, 0.15) is 115 Å². The molecule has 38 heavy (non-hydrogen) atoms. The van der Waals surface area contributed by atoms with Gasteiger partial charge in [0, 0.05) is 36.5 Å². The van der Waals surface area contributed by atoms with Gasteiger partial charge in [-0.05, 0) is 103 Å². The fourth-order valence-electron chi connectivity index (χ4n) is 10.5. The molecule has 0 spiro atoms. The Kier molecular flexibility index (Phi) is 7.15. The van der Waals surface area contributed by atoms with Gasteiger partial charge in [-0.2, -0.15) is 0 Å². The van der Waals surface area contributed by atoms with E-state index >= 15 is 0 Å². The number of nitrogens with one attached hydrogen (secondary N) is 1. The molecule has 0 aliphatic heterocycles. The van der Waals surface area contributed by atoms with Crippen LogP contribution in [0.3, 0.4) is 0 Å². The zero-order chi connectivity index (χ0) is 26.7. The van der Waals surface area contributed by atoms with Gasteiger partial charge in [0.25, 0.3) is 0 Å². The Morgan fingerprint density at radius 3 is 2.53 bits per heavy atom. The fourth-order valence-corrected chi connectivity index (χ4v) is 11.4. The number of rotatable bonds is 6. The summed E-state index contributed by atoms with van der Waals surface area (Å²) in [5.41, 5.74) is 0.289. The van der Waals surface area contributed by atoms with Crippen molar-refractivity contribution in [2.75, 3.05) is 0 Å². The van der Waals surface area contributed by atoms with Gasteiger partial charge in [0.1, 0.15) is 11.6 Å². The molecule has 5 heteroatoms. The van der Waals surface area contributed by atoms with E-state index in [1.807, 2.05) is 0 Å². The maximum atomic E-state index is 13.7. The van der Waals surface area contributed by atoms with Crippen molar-refractivity contribution in [1.29, 1.82) is 0 Å². The Labute approximate surface area is 233 Å². The van der Waals surface area contributed by atoms with Crippen LogP contribution in [0.4, 0.5) is 0 Å². The number of fused-ring (bicyclic) bond motifs is 5. The molecular formula is C33H47NO3S. The first-order valence-corrected chi connectivity index (χ1v) is 16.5. The summed E-state index contributed by atoms with van der Waals surface area (Å²) in [6.45, 7) is 7.16. The van der Waals surface area contributed by atoms with Crippen molar-refractivity contribution in [1.82, 2.24) is 5.32 Å². The van der Waals surface area contributed by atoms with Crippen molar-refractivity contribution in [2.24, 2.45) is 52.3 Å². The molecule has 208 valence electrons. The predicted octanol–water partition coefficient (Wildman–Crippen LogP) is 7.53. The van der Waals surface area contributed by atoms with Crippen LogP contribution < -0.4 is 5.32 Å². The second-order valence-electron chi connectivity index (χ2n) is 14.4. The van der Waals surface area contributed by atoms with E-state index in [0.29, 0.717) is 66.8 Å². The molecule has 6 rings (SSSR count). The molecule has 9 atom stereocenters. The number of thiophene rings is 1. The third kappa shape index (κ3) is 4.43.